The standard InChI is InChI=1S/C18H26N2O4/c1-18(2,3)15(20-17(22)23-4)16(21)19-13(14-11-24-14)10-12-8-6-5-7-9-12/h5-9,13-15H,10-11H2,1-4H3,(H,19,21)(H,20,22)/t13?,14-,15+/m0/s1. The van der Waals surface area contributed by atoms with Gasteiger partial charge in [0.25, 0.3) is 0 Å². The van der Waals surface area contributed by atoms with Crippen LogP contribution in [-0.4, -0.2) is 43.9 Å². The van der Waals surface area contributed by atoms with Crippen LogP contribution in [0.2, 0.25) is 0 Å². The highest BCUT2D eigenvalue weighted by Gasteiger charge is 2.38. The minimum atomic E-state index is -0.693. The summed E-state index contributed by atoms with van der Waals surface area (Å²) in [6.45, 7) is 6.33. The summed E-state index contributed by atoms with van der Waals surface area (Å²) < 4.78 is 10.0. The lowest BCUT2D eigenvalue weighted by molar-refractivity contribution is -0.126. The van der Waals surface area contributed by atoms with E-state index < -0.39 is 17.6 Å². The van der Waals surface area contributed by atoms with E-state index in [9.17, 15) is 9.59 Å². The molecule has 0 spiro atoms. The van der Waals surface area contributed by atoms with Gasteiger partial charge in [-0.3, -0.25) is 4.79 Å². The number of epoxide rings is 1. The SMILES string of the molecule is COC(=O)N[C@H](C(=O)NC(Cc1ccccc1)[C@@H]1CO1)C(C)(C)C. The average Bonchev–Trinajstić information content (AvgIpc) is 3.36. The molecule has 6 nitrogen and oxygen atoms in total. The van der Waals surface area contributed by atoms with Crippen LogP contribution in [0.15, 0.2) is 30.3 Å². The number of methoxy groups -OCH3 is 1. The molecule has 0 aromatic heterocycles. The topological polar surface area (TPSA) is 80.0 Å². The van der Waals surface area contributed by atoms with Crippen molar-refractivity contribution in [3.8, 4) is 0 Å². The van der Waals surface area contributed by atoms with E-state index in [2.05, 4.69) is 15.4 Å². The van der Waals surface area contributed by atoms with Crippen molar-refractivity contribution in [2.45, 2.75) is 45.4 Å². The number of rotatable bonds is 6. The molecule has 1 aliphatic rings. The third-order valence-electron chi connectivity index (χ3n) is 4.01. The first-order valence-electron chi connectivity index (χ1n) is 8.11. The Labute approximate surface area is 142 Å². The minimum Gasteiger partial charge on any atom is -0.453 e. The first-order chi connectivity index (χ1) is 11.3. The Hall–Kier alpha value is -2.08. The van der Waals surface area contributed by atoms with Crippen LogP contribution in [0.1, 0.15) is 26.3 Å². The van der Waals surface area contributed by atoms with Crippen molar-refractivity contribution in [1.29, 1.82) is 0 Å². The van der Waals surface area contributed by atoms with E-state index in [1.54, 1.807) is 0 Å². The van der Waals surface area contributed by atoms with Crippen molar-refractivity contribution in [2.24, 2.45) is 5.41 Å². The Kier molecular flexibility index (Phi) is 5.83. The van der Waals surface area contributed by atoms with Gasteiger partial charge >= 0.3 is 6.09 Å². The maximum Gasteiger partial charge on any atom is 0.407 e. The molecule has 0 radical (unpaired) electrons. The number of nitrogens with one attached hydrogen (secondary N) is 2. The molecule has 6 heteroatoms. The number of carbonyl (C=O) groups is 2. The van der Waals surface area contributed by atoms with Crippen LogP contribution in [0.5, 0.6) is 0 Å². The number of benzene rings is 1. The number of amides is 2. The summed E-state index contributed by atoms with van der Waals surface area (Å²) in [6.07, 6.45) is 0.0899. The van der Waals surface area contributed by atoms with Crippen molar-refractivity contribution >= 4 is 12.0 Å². The van der Waals surface area contributed by atoms with Gasteiger partial charge in [0, 0.05) is 0 Å². The molecule has 1 aromatic rings. The first-order valence-corrected chi connectivity index (χ1v) is 8.11. The number of alkyl carbamates (subject to hydrolysis) is 1. The van der Waals surface area contributed by atoms with Crippen LogP contribution in [0.4, 0.5) is 4.79 Å². The summed E-state index contributed by atoms with van der Waals surface area (Å²) in [5.41, 5.74) is 0.687. The summed E-state index contributed by atoms with van der Waals surface area (Å²) in [5.74, 6) is -0.232. The van der Waals surface area contributed by atoms with Crippen molar-refractivity contribution in [3.63, 3.8) is 0 Å². The second-order valence-electron chi connectivity index (χ2n) is 7.11. The molecular formula is C18H26N2O4. The first kappa shape index (κ1) is 18.3. The third kappa shape index (κ3) is 5.23. The molecule has 1 fully saturated rings. The number of hydrogen-bond acceptors (Lipinski definition) is 4. The fraction of sp³-hybridized carbons (Fsp3) is 0.556. The lowest BCUT2D eigenvalue weighted by Crippen LogP contribution is -2.56. The van der Waals surface area contributed by atoms with E-state index in [0.717, 1.165) is 5.56 Å². The van der Waals surface area contributed by atoms with Gasteiger partial charge in [0.05, 0.1) is 19.8 Å². The molecule has 0 bridgehead atoms. The summed E-state index contributed by atoms with van der Waals surface area (Å²) in [5, 5.41) is 5.65. The van der Waals surface area contributed by atoms with Gasteiger partial charge in [-0.25, -0.2) is 4.79 Å². The lowest BCUT2D eigenvalue weighted by Gasteiger charge is -2.31. The predicted octanol–water partition coefficient (Wildman–Crippen LogP) is 1.88. The average molecular weight is 334 g/mol. The predicted molar refractivity (Wildman–Crippen MR) is 90.6 cm³/mol. The number of hydrogen-bond donors (Lipinski definition) is 2. The van der Waals surface area contributed by atoms with Crippen LogP contribution < -0.4 is 10.6 Å². The van der Waals surface area contributed by atoms with Crippen LogP contribution in [0, 0.1) is 5.41 Å². The molecule has 1 saturated heterocycles. The molecule has 2 amide bonds. The quantitative estimate of drug-likeness (QED) is 0.779. The van der Waals surface area contributed by atoms with Crippen LogP contribution in [0.3, 0.4) is 0 Å². The number of ether oxygens (including phenoxy) is 2. The summed E-state index contributed by atoms with van der Waals surface area (Å²) >= 11 is 0. The van der Waals surface area contributed by atoms with Gasteiger partial charge in [0.1, 0.15) is 12.1 Å². The van der Waals surface area contributed by atoms with E-state index in [1.165, 1.54) is 7.11 Å². The Morgan fingerprint density at radius 3 is 2.38 bits per heavy atom. The van der Waals surface area contributed by atoms with Gasteiger partial charge < -0.3 is 20.1 Å². The van der Waals surface area contributed by atoms with Crippen LogP contribution >= 0.6 is 0 Å². The smallest absolute Gasteiger partial charge is 0.407 e. The van der Waals surface area contributed by atoms with E-state index in [0.29, 0.717) is 13.0 Å². The Balaban J connectivity index is 2.06. The molecule has 132 valence electrons. The highest BCUT2D eigenvalue weighted by atomic mass is 16.6. The van der Waals surface area contributed by atoms with Crippen molar-refractivity contribution in [1.82, 2.24) is 10.6 Å². The molecule has 0 aliphatic carbocycles. The maximum absolute atomic E-state index is 12.7. The molecule has 0 saturated carbocycles. The van der Waals surface area contributed by atoms with Gasteiger partial charge in [-0.05, 0) is 17.4 Å². The summed E-state index contributed by atoms with van der Waals surface area (Å²) in [7, 11) is 1.28. The molecule has 3 atom stereocenters. The van der Waals surface area contributed by atoms with Crippen molar-refractivity contribution in [2.75, 3.05) is 13.7 Å². The largest absolute Gasteiger partial charge is 0.453 e. The molecule has 2 N–H and O–H groups in total. The van der Waals surface area contributed by atoms with E-state index in [4.69, 9.17) is 4.74 Å². The second-order valence-corrected chi connectivity index (χ2v) is 7.11. The van der Waals surface area contributed by atoms with E-state index in [1.807, 2.05) is 51.1 Å². The monoisotopic (exact) mass is 334 g/mol. The van der Waals surface area contributed by atoms with Gasteiger partial charge in [0.2, 0.25) is 5.91 Å². The van der Waals surface area contributed by atoms with Gasteiger partial charge in [-0.15, -0.1) is 0 Å². The molecule has 2 rings (SSSR count). The van der Waals surface area contributed by atoms with Gasteiger partial charge in [-0.1, -0.05) is 51.1 Å². The molecule has 1 heterocycles. The normalized spacial score (nSPS) is 19.1. The fourth-order valence-electron chi connectivity index (χ4n) is 2.55. The van der Waals surface area contributed by atoms with E-state index >= 15 is 0 Å². The third-order valence-corrected chi connectivity index (χ3v) is 4.01. The Bertz CT molecular complexity index is 564. The van der Waals surface area contributed by atoms with Gasteiger partial charge in [0.15, 0.2) is 0 Å². The van der Waals surface area contributed by atoms with Crippen molar-refractivity contribution in [3.05, 3.63) is 35.9 Å². The Morgan fingerprint density at radius 1 is 1.25 bits per heavy atom. The second kappa shape index (κ2) is 7.66. The van der Waals surface area contributed by atoms with Crippen molar-refractivity contribution < 1.29 is 19.1 Å². The highest BCUT2D eigenvalue weighted by Crippen LogP contribution is 2.22. The van der Waals surface area contributed by atoms with E-state index in [-0.39, 0.29) is 18.1 Å². The molecule has 1 aliphatic heterocycles. The van der Waals surface area contributed by atoms with Gasteiger partial charge in [-0.2, -0.15) is 0 Å². The zero-order valence-corrected chi connectivity index (χ0v) is 14.7. The maximum atomic E-state index is 12.7. The van der Waals surface area contributed by atoms with Crippen LogP contribution in [0.25, 0.3) is 0 Å². The summed E-state index contributed by atoms with van der Waals surface area (Å²) in [6, 6.07) is 9.13. The van der Waals surface area contributed by atoms with Crippen LogP contribution in [-0.2, 0) is 20.7 Å². The lowest BCUT2D eigenvalue weighted by atomic mass is 9.86. The number of carbonyl (C=O) groups excluding carboxylic acids is 2. The zero-order chi connectivity index (χ0) is 17.7. The Morgan fingerprint density at radius 2 is 1.88 bits per heavy atom. The molecular weight excluding hydrogens is 308 g/mol. The fourth-order valence-corrected chi connectivity index (χ4v) is 2.55. The zero-order valence-electron chi connectivity index (χ0n) is 14.7. The molecule has 24 heavy (non-hydrogen) atoms. The highest BCUT2D eigenvalue weighted by molar-refractivity contribution is 5.86. The minimum absolute atomic E-state index is 0.0212. The molecule has 1 unspecified atom stereocenters. The molecule has 1 aromatic carbocycles. The summed E-state index contributed by atoms with van der Waals surface area (Å²) in [4.78, 5) is 24.3.